The summed E-state index contributed by atoms with van der Waals surface area (Å²) in [4.78, 5) is 30.1. The third-order valence-corrected chi connectivity index (χ3v) is 5.54. The predicted molar refractivity (Wildman–Crippen MR) is 116 cm³/mol. The SMILES string of the molecule is Cc1ccc(-c2cc(C)c(C3C(=O)C/C(=C\c4ccccn4)C3=O)c(C)c2)cc1. The first kappa shape index (κ1) is 19.0. The summed E-state index contributed by atoms with van der Waals surface area (Å²) in [7, 11) is 0. The number of allylic oxidation sites excluding steroid dienone is 1. The molecule has 0 aliphatic heterocycles. The van der Waals surface area contributed by atoms with E-state index < -0.39 is 5.92 Å². The van der Waals surface area contributed by atoms with Crippen molar-refractivity contribution in [2.45, 2.75) is 33.1 Å². The highest BCUT2D eigenvalue weighted by molar-refractivity contribution is 6.24. The molecule has 3 aromatic rings. The number of ketones is 2. The monoisotopic (exact) mass is 381 g/mol. The van der Waals surface area contributed by atoms with Crippen LogP contribution in [-0.2, 0) is 9.59 Å². The molecule has 0 spiro atoms. The molecule has 1 atom stereocenters. The van der Waals surface area contributed by atoms with Gasteiger partial charge in [-0.15, -0.1) is 0 Å². The lowest BCUT2D eigenvalue weighted by Gasteiger charge is -2.16. The largest absolute Gasteiger partial charge is 0.298 e. The fourth-order valence-corrected chi connectivity index (χ4v) is 4.11. The van der Waals surface area contributed by atoms with Crippen LogP contribution in [0.25, 0.3) is 17.2 Å². The second kappa shape index (κ2) is 7.59. The van der Waals surface area contributed by atoms with E-state index in [0.717, 1.165) is 27.8 Å². The highest BCUT2D eigenvalue weighted by atomic mass is 16.2. The Kier molecular flexibility index (Phi) is 4.98. The first-order chi connectivity index (χ1) is 13.9. The van der Waals surface area contributed by atoms with Crippen molar-refractivity contribution in [3.63, 3.8) is 0 Å². The second-order valence-electron chi connectivity index (χ2n) is 7.75. The maximum atomic E-state index is 13.1. The number of hydrogen-bond donors (Lipinski definition) is 0. The third kappa shape index (κ3) is 3.68. The summed E-state index contributed by atoms with van der Waals surface area (Å²) >= 11 is 0. The van der Waals surface area contributed by atoms with Crippen molar-refractivity contribution in [2.24, 2.45) is 0 Å². The molecule has 144 valence electrons. The number of carbonyl (C=O) groups is 2. The van der Waals surface area contributed by atoms with Crippen LogP contribution in [-0.4, -0.2) is 16.6 Å². The van der Waals surface area contributed by atoms with Crippen molar-refractivity contribution in [3.05, 3.63) is 94.3 Å². The molecule has 0 bridgehead atoms. The molecular formula is C26H23NO2. The molecule has 1 heterocycles. The van der Waals surface area contributed by atoms with E-state index in [-0.39, 0.29) is 18.0 Å². The van der Waals surface area contributed by atoms with Gasteiger partial charge < -0.3 is 0 Å². The van der Waals surface area contributed by atoms with Gasteiger partial charge in [0.05, 0.1) is 5.69 Å². The molecule has 0 amide bonds. The first-order valence-corrected chi connectivity index (χ1v) is 9.81. The van der Waals surface area contributed by atoms with Crippen LogP contribution in [0, 0.1) is 20.8 Å². The van der Waals surface area contributed by atoms with Gasteiger partial charge in [-0.2, -0.15) is 0 Å². The number of nitrogens with zero attached hydrogens (tertiary/aromatic N) is 1. The summed E-state index contributed by atoms with van der Waals surface area (Å²) in [5, 5.41) is 0. The predicted octanol–water partition coefficient (Wildman–Crippen LogP) is 5.38. The van der Waals surface area contributed by atoms with Gasteiger partial charge >= 0.3 is 0 Å². The maximum absolute atomic E-state index is 13.1. The summed E-state index contributed by atoms with van der Waals surface area (Å²) in [5.41, 5.74) is 7.50. The molecule has 1 saturated carbocycles. The van der Waals surface area contributed by atoms with Crippen molar-refractivity contribution in [3.8, 4) is 11.1 Å². The van der Waals surface area contributed by atoms with Crippen LogP contribution in [0.2, 0.25) is 0 Å². The zero-order valence-corrected chi connectivity index (χ0v) is 16.9. The second-order valence-corrected chi connectivity index (χ2v) is 7.75. The number of pyridine rings is 1. The lowest BCUT2D eigenvalue weighted by molar-refractivity contribution is -0.123. The lowest BCUT2D eigenvalue weighted by Crippen LogP contribution is -2.15. The van der Waals surface area contributed by atoms with Crippen LogP contribution in [0.3, 0.4) is 0 Å². The van der Waals surface area contributed by atoms with E-state index in [1.54, 1.807) is 12.3 Å². The minimum absolute atomic E-state index is 0.0357. The molecule has 1 fully saturated rings. The fraction of sp³-hybridized carbons (Fsp3) is 0.192. The highest BCUT2D eigenvalue weighted by Gasteiger charge is 2.39. The van der Waals surface area contributed by atoms with E-state index >= 15 is 0 Å². The van der Waals surface area contributed by atoms with Crippen LogP contribution in [0.4, 0.5) is 0 Å². The summed E-state index contributed by atoms with van der Waals surface area (Å²) in [6.07, 6.45) is 3.59. The van der Waals surface area contributed by atoms with Crippen LogP contribution >= 0.6 is 0 Å². The van der Waals surface area contributed by atoms with E-state index in [0.29, 0.717) is 11.3 Å². The molecule has 2 aromatic carbocycles. The summed E-state index contributed by atoms with van der Waals surface area (Å²) < 4.78 is 0. The summed E-state index contributed by atoms with van der Waals surface area (Å²) in [6.45, 7) is 6.04. The van der Waals surface area contributed by atoms with Gasteiger partial charge in [0.1, 0.15) is 5.92 Å². The van der Waals surface area contributed by atoms with Gasteiger partial charge in [0, 0.05) is 18.2 Å². The lowest BCUT2D eigenvalue weighted by atomic mass is 9.86. The average Bonchev–Trinajstić information content (AvgIpc) is 2.96. The smallest absolute Gasteiger partial charge is 0.174 e. The van der Waals surface area contributed by atoms with Crippen molar-refractivity contribution < 1.29 is 9.59 Å². The van der Waals surface area contributed by atoms with Gasteiger partial charge in [0.25, 0.3) is 0 Å². The summed E-state index contributed by atoms with van der Waals surface area (Å²) in [5.74, 6) is -0.849. The van der Waals surface area contributed by atoms with Crippen molar-refractivity contribution in [2.75, 3.05) is 0 Å². The Hall–Kier alpha value is -3.33. The maximum Gasteiger partial charge on any atom is 0.174 e. The van der Waals surface area contributed by atoms with E-state index in [2.05, 4.69) is 48.3 Å². The minimum atomic E-state index is -0.711. The molecule has 1 unspecified atom stereocenters. The molecule has 0 saturated heterocycles. The highest BCUT2D eigenvalue weighted by Crippen LogP contribution is 2.37. The molecule has 3 heteroatoms. The van der Waals surface area contributed by atoms with Gasteiger partial charge in [-0.1, -0.05) is 48.0 Å². The number of carbonyl (C=O) groups excluding carboxylic acids is 2. The Morgan fingerprint density at radius 1 is 0.897 bits per heavy atom. The molecule has 1 aliphatic carbocycles. The van der Waals surface area contributed by atoms with E-state index in [1.807, 2.05) is 32.0 Å². The standard InChI is InChI=1S/C26H23NO2/c1-16-7-9-19(10-8-16)20-12-17(2)24(18(3)13-20)25-23(28)15-21(26(25)29)14-22-6-4-5-11-27-22/h4-14,25H,15H2,1-3H3/b21-14+. The first-order valence-electron chi connectivity index (χ1n) is 9.81. The molecular weight excluding hydrogens is 358 g/mol. The number of benzene rings is 2. The van der Waals surface area contributed by atoms with Crippen LogP contribution in [0.1, 0.15) is 40.3 Å². The number of aryl methyl sites for hydroxylation is 3. The number of rotatable bonds is 3. The fourth-order valence-electron chi connectivity index (χ4n) is 4.11. The Morgan fingerprint density at radius 2 is 1.59 bits per heavy atom. The normalized spacial score (nSPS) is 17.9. The van der Waals surface area contributed by atoms with Gasteiger partial charge in [-0.3, -0.25) is 14.6 Å². The van der Waals surface area contributed by atoms with Crippen molar-refractivity contribution in [1.29, 1.82) is 0 Å². The quantitative estimate of drug-likeness (QED) is 0.452. The van der Waals surface area contributed by atoms with Crippen molar-refractivity contribution in [1.82, 2.24) is 4.98 Å². The zero-order chi connectivity index (χ0) is 20.5. The van der Waals surface area contributed by atoms with Gasteiger partial charge in [-0.25, -0.2) is 0 Å². The van der Waals surface area contributed by atoms with Crippen LogP contribution < -0.4 is 0 Å². The van der Waals surface area contributed by atoms with Gasteiger partial charge in [0.15, 0.2) is 11.6 Å². The van der Waals surface area contributed by atoms with Crippen LogP contribution in [0.15, 0.2) is 66.4 Å². The Labute approximate surface area is 171 Å². The topological polar surface area (TPSA) is 47.0 Å². The van der Waals surface area contributed by atoms with E-state index in [1.165, 1.54) is 5.56 Å². The number of hydrogen-bond acceptors (Lipinski definition) is 3. The Morgan fingerprint density at radius 3 is 2.21 bits per heavy atom. The van der Waals surface area contributed by atoms with E-state index in [4.69, 9.17) is 0 Å². The number of aromatic nitrogens is 1. The van der Waals surface area contributed by atoms with E-state index in [9.17, 15) is 9.59 Å². The molecule has 4 rings (SSSR count). The molecule has 0 radical (unpaired) electrons. The van der Waals surface area contributed by atoms with Crippen molar-refractivity contribution >= 4 is 17.6 Å². The number of Topliss-reactive ketones (excluding diaryl/α,β-unsaturated/α-hetero) is 2. The third-order valence-electron chi connectivity index (χ3n) is 5.54. The molecule has 1 aliphatic rings. The Balaban J connectivity index is 1.71. The molecule has 29 heavy (non-hydrogen) atoms. The Bertz CT molecular complexity index is 1100. The molecule has 1 aromatic heterocycles. The van der Waals surface area contributed by atoms with Gasteiger partial charge in [-0.05, 0) is 66.8 Å². The van der Waals surface area contributed by atoms with Gasteiger partial charge in [0.2, 0.25) is 0 Å². The zero-order valence-electron chi connectivity index (χ0n) is 16.9. The van der Waals surface area contributed by atoms with Crippen LogP contribution in [0.5, 0.6) is 0 Å². The summed E-state index contributed by atoms with van der Waals surface area (Å²) in [6, 6.07) is 18.1. The molecule has 0 N–H and O–H groups in total. The average molecular weight is 381 g/mol. The minimum Gasteiger partial charge on any atom is -0.298 e. The molecule has 3 nitrogen and oxygen atoms in total.